The fourth-order valence-corrected chi connectivity index (χ4v) is 5.21. The van der Waals surface area contributed by atoms with E-state index in [0.717, 1.165) is 56.0 Å². The number of methoxy groups -OCH3 is 4. The SMILES string of the molecule is COc1ccc(CN2CC3CCCC(C2)C3(O)c2cnc(OC)nc2OC)c(OC)c1. The highest BCUT2D eigenvalue weighted by Crippen LogP contribution is 2.51. The number of likely N-dealkylation sites (tertiary alicyclic amines) is 1. The van der Waals surface area contributed by atoms with Gasteiger partial charge in [0, 0.05) is 49.3 Å². The summed E-state index contributed by atoms with van der Waals surface area (Å²) in [6.07, 6.45) is 4.66. The molecule has 1 aliphatic carbocycles. The van der Waals surface area contributed by atoms with E-state index in [1.807, 2.05) is 12.1 Å². The number of hydrogen-bond donors (Lipinski definition) is 1. The average molecular weight is 430 g/mol. The van der Waals surface area contributed by atoms with Crippen molar-refractivity contribution in [3.8, 4) is 23.4 Å². The van der Waals surface area contributed by atoms with Gasteiger partial charge < -0.3 is 24.1 Å². The van der Waals surface area contributed by atoms with Crippen LogP contribution in [-0.2, 0) is 12.1 Å². The Balaban J connectivity index is 1.60. The molecular formula is C23H31N3O5. The second-order valence-corrected chi connectivity index (χ2v) is 8.30. The van der Waals surface area contributed by atoms with Crippen LogP contribution in [0.3, 0.4) is 0 Å². The molecule has 8 nitrogen and oxygen atoms in total. The van der Waals surface area contributed by atoms with Crippen molar-refractivity contribution in [1.29, 1.82) is 0 Å². The van der Waals surface area contributed by atoms with Crippen LogP contribution >= 0.6 is 0 Å². The Morgan fingerprint density at radius 2 is 1.77 bits per heavy atom. The van der Waals surface area contributed by atoms with Crippen LogP contribution in [0.4, 0.5) is 0 Å². The highest BCUT2D eigenvalue weighted by molar-refractivity contribution is 5.41. The first-order valence-electron chi connectivity index (χ1n) is 10.6. The van der Waals surface area contributed by atoms with Gasteiger partial charge in [0.25, 0.3) is 0 Å². The number of aliphatic hydroxyl groups is 1. The first-order chi connectivity index (χ1) is 15.0. The second kappa shape index (κ2) is 8.88. The third kappa shape index (κ3) is 3.90. The predicted octanol–water partition coefficient (Wildman–Crippen LogP) is 2.63. The highest BCUT2D eigenvalue weighted by Gasteiger charge is 2.53. The largest absolute Gasteiger partial charge is 0.497 e. The van der Waals surface area contributed by atoms with E-state index < -0.39 is 5.60 Å². The average Bonchev–Trinajstić information content (AvgIpc) is 2.79. The zero-order valence-electron chi connectivity index (χ0n) is 18.6. The monoisotopic (exact) mass is 429 g/mol. The van der Waals surface area contributed by atoms with Gasteiger partial charge in [-0.3, -0.25) is 4.90 Å². The number of rotatable bonds is 7. The van der Waals surface area contributed by atoms with Gasteiger partial charge in [-0.25, -0.2) is 4.98 Å². The zero-order valence-corrected chi connectivity index (χ0v) is 18.6. The van der Waals surface area contributed by atoms with Crippen molar-refractivity contribution in [1.82, 2.24) is 14.9 Å². The summed E-state index contributed by atoms with van der Waals surface area (Å²) in [5.74, 6) is 2.11. The van der Waals surface area contributed by atoms with Gasteiger partial charge in [-0.05, 0) is 18.9 Å². The Hall–Kier alpha value is -2.58. The van der Waals surface area contributed by atoms with Crippen molar-refractivity contribution < 1.29 is 24.1 Å². The molecule has 0 spiro atoms. The maximum Gasteiger partial charge on any atom is 0.319 e. The smallest absolute Gasteiger partial charge is 0.319 e. The fraction of sp³-hybridized carbons (Fsp3) is 0.565. The standard InChI is InChI=1S/C23H31N3O5/c1-28-18-9-8-15(20(10-18)29-2)12-26-13-16-6-5-7-17(14-26)23(16,27)19-11-24-22(31-4)25-21(19)30-3/h8-11,16-17,27H,5-7,12-14H2,1-4H3. The first kappa shape index (κ1) is 21.6. The summed E-state index contributed by atoms with van der Waals surface area (Å²) in [5, 5.41) is 12.0. The lowest BCUT2D eigenvalue weighted by Gasteiger charge is -2.53. The second-order valence-electron chi connectivity index (χ2n) is 8.30. The minimum Gasteiger partial charge on any atom is -0.497 e. The maximum absolute atomic E-state index is 12.0. The lowest BCUT2D eigenvalue weighted by atomic mass is 9.63. The molecule has 1 aliphatic heterocycles. The molecule has 2 atom stereocenters. The first-order valence-corrected chi connectivity index (χ1v) is 10.6. The van der Waals surface area contributed by atoms with Crippen LogP contribution in [0.15, 0.2) is 24.4 Å². The molecule has 2 aromatic rings. The van der Waals surface area contributed by atoms with Crippen LogP contribution in [0.25, 0.3) is 0 Å². The molecule has 2 unspecified atom stereocenters. The van der Waals surface area contributed by atoms with E-state index in [-0.39, 0.29) is 17.8 Å². The summed E-state index contributed by atoms with van der Waals surface area (Å²) in [5.41, 5.74) is 0.750. The normalized spacial score (nSPS) is 25.7. The Bertz CT molecular complexity index is 908. The van der Waals surface area contributed by atoms with E-state index >= 15 is 0 Å². The summed E-state index contributed by atoms with van der Waals surface area (Å²) in [4.78, 5) is 11.0. The highest BCUT2D eigenvalue weighted by atomic mass is 16.5. The molecule has 2 fully saturated rings. The van der Waals surface area contributed by atoms with Crippen molar-refractivity contribution in [2.75, 3.05) is 41.5 Å². The van der Waals surface area contributed by atoms with Crippen LogP contribution in [0, 0.1) is 11.8 Å². The predicted molar refractivity (Wildman–Crippen MR) is 115 cm³/mol. The van der Waals surface area contributed by atoms with Gasteiger partial charge in [-0.1, -0.05) is 12.5 Å². The van der Waals surface area contributed by atoms with Crippen LogP contribution in [0.5, 0.6) is 23.4 Å². The summed E-state index contributed by atoms with van der Waals surface area (Å²) >= 11 is 0. The Morgan fingerprint density at radius 1 is 1.03 bits per heavy atom. The van der Waals surface area contributed by atoms with E-state index in [1.165, 1.54) is 7.11 Å². The number of piperidine rings is 1. The number of fused-ring (bicyclic) bond motifs is 2. The molecule has 168 valence electrons. The molecule has 4 rings (SSSR count). The van der Waals surface area contributed by atoms with E-state index in [4.69, 9.17) is 18.9 Å². The van der Waals surface area contributed by atoms with Crippen molar-refractivity contribution in [3.63, 3.8) is 0 Å². The van der Waals surface area contributed by atoms with Gasteiger partial charge >= 0.3 is 6.01 Å². The van der Waals surface area contributed by atoms with Crippen molar-refractivity contribution in [2.45, 2.75) is 31.4 Å². The lowest BCUT2D eigenvalue weighted by Crippen LogP contribution is -2.58. The molecule has 0 amide bonds. The van der Waals surface area contributed by atoms with Crippen molar-refractivity contribution >= 4 is 0 Å². The maximum atomic E-state index is 12.0. The molecule has 1 saturated carbocycles. The number of nitrogens with zero attached hydrogens (tertiary/aromatic N) is 3. The summed E-state index contributed by atoms with van der Waals surface area (Å²) < 4.78 is 21.6. The molecule has 31 heavy (non-hydrogen) atoms. The third-order valence-corrected chi connectivity index (χ3v) is 6.73. The molecule has 1 N–H and O–H groups in total. The zero-order chi connectivity index (χ0) is 22.0. The van der Waals surface area contributed by atoms with E-state index in [0.29, 0.717) is 11.4 Å². The summed E-state index contributed by atoms with van der Waals surface area (Å²) in [6.45, 7) is 2.31. The lowest BCUT2D eigenvalue weighted by molar-refractivity contribution is -0.149. The van der Waals surface area contributed by atoms with Crippen LogP contribution in [-0.4, -0.2) is 61.5 Å². The van der Waals surface area contributed by atoms with Gasteiger partial charge in [-0.2, -0.15) is 4.98 Å². The summed E-state index contributed by atoms with van der Waals surface area (Å²) in [7, 11) is 6.41. The molecule has 0 radical (unpaired) electrons. The molecule has 1 aromatic heterocycles. The Labute approximate surface area is 183 Å². The molecule has 2 heterocycles. The van der Waals surface area contributed by atoms with E-state index in [2.05, 4.69) is 20.9 Å². The Kier molecular flexibility index (Phi) is 6.20. The van der Waals surface area contributed by atoms with Crippen molar-refractivity contribution in [2.24, 2.45) is 11.8 Å². The number of ether oxygens (including phenoxy) is 4. The van der Waals surface area contributed by atoms with Gasteiger partial charge in [-0.15, -0.1) is 0 Å². The quantitative estimate of drug-likeness (QED) is 0.719. The summed E-state index contributed by atoms with van der Waals surface area (Å²) in [6, 6.07) is 6.15. The molecule has 2 aliphatic rings. The van der Waals surface area contributed by atoms with Crippen LogP contribution in [0.1, 0.15) is 30.4 Å². The van der Waals surface area contributed by atoms with E-state index in [9.17, 15) is 5.11 Å². The van der Waals surface area contributed by atoms with Crippen LogP contribution in [0.2, 0.25) is 0 Å². The molecule has 1 aromatic carbocycles. The topological polar surface area (TPSA) is 86.2 Å². The fourth-order valence-electron chi connectivity index (χ4n) is 5.21. The Morgan fingerprint density at radius 3 is 2.39 bits per heavy atom. The minimum absolute atomic E-state index is 0.0649. The van der Waals surface area contributed by atoms with Gasteiger partial charge in [0.2, 0.25) is 5.88 Å². The number of aromatic nitrogens is 2. The molecule has 1 saturated heterocycles. The minimum atomic E-state index is -1.02. The molecule has 8 heteroatoms. The van der Waals surface area contributed by atoms with Gasteiger partial charge in [0.1, 0.15) is 17.1 Å². The third-order valence-electron chi connectivity index (χ3n) is 6.73. The van der Waals surface area contributed by atoms with Crippen molar-refractivity contribution in [3.05, 3.63) is 35.5 Å². The number of benzene rings is 1. The van der Waals surface area contributed by atoms with E-state index in [1.54, 1.807) is 27.5 Å². The molecule has 2 bridgehead atoms. The molecular weight excluding hydrogens is 398 g/mol. The number of hydrogen-bond acceptors (Lipinski definition) is 8. The van der Waals surface area contributed by atoms with Gasteiger partial charge in [0.05, 0.1) is 34.0 Å². The van der Waals surface area contributed by atoms with Gasteiger partial charge in [0.15, 0.2) is 0 Å². The van der Waals surface area contributed by atoms with Crippen LogP contribution < -0.4 is 18.9 Å².